The van der Waals surface area contributed by atoms with E-state index in [-0.39, 0.29) is 0 Å². The highest BCUT2D eigenvalue weighted by Gasteiger charge is 2.24. The number of nitrogens with zero attached hydrogens (tertiary/aromatic N) is 1. The molecule has 0 saturated carbocycles. The SMILES string of the molecule is CCCNC1CCN(CCc2ccc(Cl)cc2)CC1C. The molecular formula is C17H27ClN2. The van der Waals surface area contributed by atoms with Gasteiger partial charge in [0.05, 0.1) is 0 Å². The maximum Gasteiger partial charge on any atom is 0.0406 e. The van der Waals surface area contributed by atoms with Gasteiger partial charge < -0.3 is 10.2 Å². The first-order chi connectivity index (χ1) is 9.69. The summed E-state index contributed by atoms with van der Waals surface area (Å²) in [5.74, 6) is 0.750. The highest BCUT2D eigenvalue weighted by Crippen LogP contribution is 2.17. The number of halogens is 1. The molecule has 3 heteroatoms. The van der Waals surface area contributed by atoms with Crippen molar-refractivity contribution in [1.29, 1.82) is 0 Å². The van der Waals surface area contributed by atoms with Gasteiger partial charge in [0.25, 0.3) is 0 Å². The number of rotatable bonds is 6. The minimum atomic E-state index is 0.710. The minimum Gasteiger partial charge on any atom is -0.314 e. The van der Waals surface area contributed by atoms with Crippen molar-refractivity contribution in [2.45, 2.75) is 39.2 Å². The Bertz CT molecular complexity index is 390. The fourth-order valence-electron chi connectivity index (χ4n) is 3.01. The van der Waals surface area contributed by atoms with Crippen LogP contribution in [0.3, 0.4) is 0 Å². The highest BCUT2D eigenvalue weighted by molar-refractivity contribution is 6.30. The van der Waals surface area contributed by atoms with Crippen LogP contribution in [0.1, 0.15) is 32.3 Å². The van der Waals surface area contributed by atoms with Crippen LogP contribution in [0, 0.1) is 5.92 Å². The van der Waals surface area contributed by atoms with E-state index in [0.717, 1.165) is 30.5 Å². The highest BCUT2D eigenvalue weighted by atomic mass is 35.5. The minimum absolute atomic E-state index is 0.710. The summed E-state index contributed by atoms with van der Waals surface area (Å²) in [5.41, 5.74) is 1.38. The van der Waals surface area contributed by atoms with E-state index >= 15 is 0 Å². The normalized spacial score (nSPS) is 23.9. The predicted molar refractivity (Wildman–Crippen MR) is 87.5 cm³/mol. The molecule has 0 amide bonds. The van der Waals surface area contributed by atoms with Gasteiger partial charge >= 0.3 is 0 Å². The summed E-state index contributed by atoms with van der Waals surface area (Å²) in [4.78, 5) is 2.60. The van der Waals surface area contributed by atoms with Crippen LogP contribution in [-0.2, 0) is 6.42 Å². The van der Waals surface area contributed by atoms with Crippen LogP contribution in [-0.4, -0.2) is 37.1 Å². The Hall–Kier alpha value is -0.570. The van der Waals surface area contributed by atoms with E-state index in [1.54, 1.807) is 0 Å². The van der Waals surface area contributed by atoms with Gasteiger partial charge in [-0.3, -0.25) is 0 Å². The molecule has 0 aliphatic carbocycles. The molecule has 1 aliphatic rings. The summed E-state index contributed by atoms with van der Waals surface area (Å²) < 4.78 is 0. The molecule has 2 unspecified atom stereocenters. The van der Waals surface area contributed by atoms with Crippen LogP contribution in [0.25, 0.3) is 0 Å². The number of nitrogens with one attached hydrogen (secondary N) is 1. The Morgan fingerprint density at radius 2 is 2.05 bits per heavy atom. The third kappa shape index (κ3) is 4.76. The lowest BCUT2D eigenvalue weighted by molar-refractivity contribution is 0.149. The summed E-state index contributed by atoms with van der Waals surface area (Å²) in [6.45, 7) is 9.36. The molecule has 2 nitrogen and oxygen atoms in total. The van der Waals surface area contributed by atoms with Crippen molar-refractivity contribution >= 4 is 11.6 Å². The molecule has 1 saturated heterocycles. The van der Waals surface area contributed by atoms with E-state index in [2.05, 4.69) is 36.2 Å². The lowest BCUT2D eigenvalue weighted by Crippen LogP contribution is -2.48. The Morgan fingerprint density at radius 3 is 2.70 bits per heavy atom. The van der Waals surface area contributed by atoms with Gasteiger partial charge in [-0.1, -0.05) is 37.6 Å². The molecule has 1 fully saturated rings. The maximum absolute atomic E-state index is 5.92. The number of benzene rings is 1. The molecule has 0 spiro atoms. The standard InChI is InChI=1S/C17H27ClN2/c1-3-10-19-17-9-12-20(13-14(17)2)11-8-15-4-6-16(18)7-5-15/h4-7,14,17,19H,3,8-13H2,1-2H3. The number of piperidine rings is 1. The smallest absolute Gasteiger partial charge is 0.0406 e. The van der Waals surface area contributed by atoms with Crippen LogP contribution in [0.5, 0.6) is 0 Å². The molecule has 0 aromatic heterocycles. The first-order valence-corrected chi connectivity index (χ1v) is 8.27. The zero-order chi connectivity index (χ0) is 14.4. The van der Waals surface area contributed by atoms with Crippen LogP contribution < -0.4 is 5.32 Å². The van der Waals surface area contributed by atoms with E-state index in [9.17, 15) is 0 Å². The van der Waals surface area contributed by atoms with Gasteiger partial charge in [-0.2, -0.15) is 0 Å². The van der Waals surface area contributed by atoms with Gasteiger partial charge in [-0.25, -0.2) is 0 Å². The summed E-state index contributed by atoms with van der Waals surface area (Å²) in [6, 6.07) is 8.96. The number of hydrogen-bond donors (Lipinski definition) is 1. The van der Waals surface area contributed by atoms with E-state index in [1.165, 1.54) is 31.5 Å². The monoisotopic (exact) mass is 294 g/mol. The van der Waals surface area contributed by atoms with Crippen LogP contribution in [0.4, 0.5) is 0 Å². The molecule has 1 aromatic carbocycles. The second-order valence-corrected chi connectivity index (χ2v) is 6.44. The second kappa shape index (κ2) is 8.02. The number of hydrogen-bond acceptors (Lipinski definition) is 2. The van der Waals surface area contributed by atoms with Gasteiger partial charge in [0.2, 0.25) is 0 Å². The van der Waals surface area contributed by atoms with Crippen molar-refractivity contribution in [3.8, 4) is 0 Å². The Balaban J connectivity index is 1.74. The fraction of sp³-hybridized carbons (Fsp3) is 0.647. The predicted octanol–water partition coefficient (Wildman–Crippen LogP) is 3.59. The van der Waals surface area contributed by atoms with Crippen molar-refractivity contribution in [1.82, 2.24) is 10.2 Å². The molecule has 112 valence electrons. The van der Waals surface area contributed by atoms with Crippen molar-refractivity contribution < 1.29 is 0 Å². The first kappa shape index (κ1) is 15.8. The Labute approximate surface area is 128 Å². The van der Waals surface area contributed by atoms with Crippen LogP contribution >= 0.6 is 11.6 Å². The lowest BCUT2D eigenvalue weighted by atomic mass is 9.93. The van der Waals surface area contributed by atoms with Gasteiger partial charge in [0, 0.05) is 24.2 Å². The lowest BCUT2D eigenvalue weighted by Gasteiger charge is -2.37. The van der Waals surface area contributed by atoms with Crippen molar-refractivity contribution in [2.75, 3.05) is 26.2 Å². The van der Waals surface area contributed by atoms with E-state index in [0.29, 0.717) is 6.04 Å². The van der Waals surface area contributed by atoms with Crippen LogP contribution in [0.2, 0.25) is 5.02 Å². The summed E-state index contributed by atoms with van der Waals surface area (Å²) in [7, 11) is 0. The molecule has 1 aromatic rings. The van der Waals surface area contributed by atoms with Crippen molar-refractivity contribution in [3.63, 3.8) is 0 Å². The third-order valence-corrected chi connectivity index (χ3v) is 4.53. The van der Waals surface area contributed by atoms with Crippen LogP contribution in [0.15, 0.2) is 24.3 Å². The summed E-state index contributed by atoms with van der Waals surface area (Å²) in [5, 5.41) is 4.50. The topological polar surface area (TPSA) is 15.3 Å². The van der Waals surface area contributed by atoms with Gasteiger partial charge in [-0.15, -0.1) is 0 Å². The largest absolute Gasteiger partial charge is 0.314 e. The zero-order valence-electron chi connectivity index (χ0n) is 12.7. The molecule has 0 bridgehead atoms. The Kier molecular flexibility index (Phi) is 6.34. The molecule has 1 N–H and O–H groups in total. The van der Waals surface area contributed by atoms with Crippen molar-refractivity contribution in [2.24, 2.45) is 5.92 Å². The zero-order valence-corrected chi connectivity index (χ0v) is 13.5. The van der Waals surface area contributed by atoms with Gasteiger partial charge in [0.1, 0.15) is 0 Å². The molecule has 2 rings (SSSR count). The third-order valence-electron chi connectivity index (χ3n) is 4.28. The molecule has 2 atom stereocenters. The average molecular weight is 295 g/mol. The quantitative estimate of drug-likeness (QED) is 0.862. The summed E-state index contributed by atoms with van der Waals surface area (Å²) in [6.07, 6.45) is 3.63. The second-order valence-electron chi connectivity index (χ2n) is 6.00. The fourth-order valence-corrected chi connectivity index (χ4v) is 3.13. The van der Waals surface area contributed by atoms with Crippen molar-refractivity contribution in [3.05, 3.63) is 34.9 Å². The maximum atomic E-state index is 5.92. The molecule has 1 aliphatic heterocycles. The van der Waals surface area contributed by atoms with Gasteiger partial charge in [0.15, 0.2) is 0 Å². The molecule has 0 radical (unpaired) electrons. The summed E-state index contributed by atoms with van der Waals surface area (Å²) >= 11 is 5.92. The molecule has 1 heterocycles. The molecular weight excluding hydrogens is 268 g/mol. The number of likely N-dealkylation sites (tertiary alicyclic amines) is 1. The van der Waals surface area contributed by atoms with E-state index in [4.69, 9.17) is 11.6 Å². The Morgan fingerprint density at radius 1 is 1.30 bits per heavy atom. The van der Waals surface area contributed by atoms with Gasteiger partial charge in [-0.05, 0) is 56.0 Å². The molecule has 20 heavy (non-hydrogen) atoms. The first-order valence-electron chi connectivity index (χ1n) is 7.89. The average Bonchev–Trinajstić information content (AvgIpc) is 2.46. The van der Waals surface area contributed by atoms with E-state index < -0.39 is 0 Å². The van der Waals surface area contributed by atoms with E-state index in [1.807, 2.05) is 12.1 Å².